The maximum atomic E-state index is 10.5. The van der Waals surface area contributed by atoms with Crippen LogP contribution in [0.2, 0.25) is 0 Å². The quantitative estimate of drug-likeness (QED) is 0.815. The van der Waals surface area contributed by atoms with Crippen LogP contribution < -0.4 is 4.74 Å². The summed E-state index contributed by atoms with van der Waals surface area (Å²) in [5.74, 6) is 1.56. The maximum Gasteiger partial charge on any atom is 0.119 e. The highest BCUT2D eigenvalue weighted by molar-refractivity contribution is 5.36. The normalized spacial score (nSPS) is 18.9. The summed E-state index contributed by atoms with van der Waals surface area (Å²) in [4.78, 5) is 0. The van der Waals surface area contributed by atoms with Gasteiger partial charge in [-0.1, -0.05) is 44.6 Å². The average molecular weight is 262 g/mol. The molecule has 2 rings (SSSR count). The number of hydrogen-bond donors (Lipinski definition) is 1. The van der Waals surface area contributed by atoms with E-state index in [4.69, 9.17) is 4.74 Å². The molecule has 1 N–H and O–H groups in total. The van der Waals surface area contributed by atoms with Crippen molar-refractivity contribution in [3.63, 3.8) is 0 Å². The molecule has 2 heteroatoms. The van der Waals surface area contributed by atoms with E-state index in [0.29, 0.717) is 5.92 Å². The molecule has 0 saturated heterocycles. The summed E-state index contributed by atoms with van der Waals surface area (Å²) >= 11 is 0. The van der Waals surface area contributed by atoms with Crippen LogP contribution in [-0.4, -0.2) is 12.2 Å². The number of aliphatic hydroxyl groups excluding tert-OH is 1. The van der Waals surface area contributed by atoms with E-state index in [1.165, 1.54) is 38.5 Å². The van der Waals surface area contributed by atoms with Crippen LogP contribution in [0.1, 0.15) is 62.2 Å². The highest BCUT2D eigenvalue weighted by Crippen LogP contribution is 2.32. The molecule has 1 atom stereocenters. The molecule has 0 spiro atoms. The number of ether oxygens (including phenoxy) is 1. The lowest BCUT2D eigenvalue weighted by Crippen LogP contribution is -2.08. The van der Waals surface area contributed by atoms with Crippen molar-refractivity contribution in [2.45, 2.75) is 58.0 Å². The third kappa shape index (κ3) is 3.97. The Labute approximate surface area is 116 Å². The van der Waals surface area contributed by atoms with Crippen molar-refractivity contribution in [3.05, 3.63) is 29.3 Å². The van der Waals surface area contributed by atoms with E-state index in [0.717, 1.165) is 23.3 Å². The van der Waals surface area contributed by atoms with Crippen LogP contribution in [0.25, 0.3) is 0 Å². The van der Waals surface area contributed by atoms with Gasteiger partial charge in [0.15, 0.2) is 0 Å². The molecule has 0 bridgehead atoms. The van der Waals surface area contributed by atoms with Crippen molar-refractivity contribution >= 4 is 0 Å². The number of hydrogen-bond acceptors (Lipinski definition) is 2. The Bertz CT molecular complexity index is 392. The summed E-state index contributed by atoms with van der Waals surface area (Å²) in [6.45, 7) is 2.05. The standard InChI is InChI=1S/C17H26O2/c1-13-11-15(19-2)9-10-16(13)17(18)12-14-7-5-3-4-6-8-14/h9-11,14,17-18H,3-8,12H2,1-2H3. The summed E-state index contributed by atoms with van der Waals surface area (Å²) in [7, 11) is 1.68. The van der Waals surface area contributed by atoms with Gasteiger partial charge in [0.05, 0.1) is 13.2 Å². The molecule has 1 aliphatic carbocycles. The highest BCUT2D eigenvalue weighted by Gasteiger charge is 2.19. The van der Waals surface area contributed by atoms with Gasteiger partial charge < -0.3 is 9.84 Å². The van der Waals surface area contributed by atoms with Crippen LogP contribution >= 0.6 is 0 Å². The van der Waals surface area contributed by atoms with Crippen LogP contribution in [0.15, 0.2) is 18.2 Å². The Morgan fingerprint density at radius 2 is 1.89 bits per heavy atom. The Morgan fingerprint density at radius 1 is 1.21 bits per heavy atom. The van der Waals surface area contributed by atoms with E-state index in [1.807, 2.05) is 25.1 Å². The second-order valence-corrected chi connectivity index (χ2v) is 5.83. The van der Waals surface area contributed by atoms with E-state index >= 15 is 0 Å². The lowest BCUT2D eigenvalue weighted by molar-refractivity contribution is 0.138. The number of benzene rings is 1. The molecule has 1 saturated carbocycles. The third-order valence-corrected chi connectivity index (χ3v) is 4.37. The molecule has 1 fully saturated rings. The molecule has 0 aliphatic heterocycles. The molecule has 1 aliphatic rings. The topological polar surface area (TPSA) is 29.5 Å². The zero-order valence-electron chi connectivity index (χ0n) is 12.2. The number of rotatable bonds is 4. The van der Waals surface area contributed by atoms with Gasteiger partial charge in [-0.3, -0.25) is 0 Å². The molecule has 1 aromatic rings. The first-order valence-electron chi connectivity index (χ1n) is 7.53. The van der Waals surface area contributed by atoms with Crippen LogP contribution in [0.5, 0.6) is 5.75 Å². The predicted molar refractivity (Wildman–Crippen MR) is 78.5 cm³/mol. The Kier molecular flexibility index (Phi) is 5.26. The van der Waals surface area contributed by atoms with Gasteiger partial charge in [-0.15, -0.1) is 0 Å². The molecular weight excluding hydrogens is 236 g/mol. The second kappa shape index (κ2) is 6.95. The van der Waals surface area contributed by atoms with E-state index < -0.39 is 0 Å². The minimum absolute atomic E-state index is 0.325. The zero-order chi connectivity index (χ0) is 13.7. The smallest absolute Gasteiger partial charge is 0.119 e. The van der Waals surface area contributed by atoms with Gasteiger partial charge in [-0.2, -0.15) is 0 Å². The molecule has 106 valence electrons. The lowest BCUT2D eigenvalue weighted by atomic mass is 9.89. The molecule has 0 heterocycles. The van der Waals surface area contributed by atoms with Crippen LogP contribution in [-0.2, 0) is 0 Å². The number of methoxy groups -OCH3 is 1. The zero-order valence-corrected chi connectivity index (χ0v) is 12.2. The van der Waals surface area contributed by atoms with E-state index in [9.17, 15) is 5.11 Å². The van der Waals surface area contributed by atoms with Crippen molar-refractivity contribution in [2.75, 3.05) is 7.11 Å². The minimum Gasteiger partial charge on any atom is -0.497 e. The molecule has 0 radical (unpaired) electrons. The predicted octanol–water partition coefficient (Wildman–Crippen LogP) is 4.40. The van der Waals surface area contributed by atoms with Gasteiger partial charge in [-0.25, -0.2) is 0 Å². The average Bonchev–Trinajstić information content (AvgIpc) is 2.67. The molecule has 0 aromatic heterocycles. The summed E-state index contributed by atoms with van der Waals surface area (Å²) in [5, 5.41) is 10.5. The van der Waals surface area contributed by atoms with Crippen LogP contribution in [0.3, 0.4) is 0 Å². The molecule has 19 heavy (non-hydrogen) atoms. The summed E-state index contributed by atoms with van der Waals surface area (Å²) in [5.41, 5.74) is 2.19. The molecular formula is C17H26O2. The SMILES string of the molecule is COc1ccc(C(O)CC2CCCCCC2)c(C)c1. The fourth-order valence-corrected chi connectivity index (χ4v) is 3.19. The first-order valence-corrected chi connectivity index (χ1v) is 7.53. The van der Waals surface area contributed by atoms with Gasteiger partial charge in [-0.05, 0) is 42.5 Å². The van der Waals surface area contributed by atoms with Crippen LogP contribution in [0, 0.1) is 12.8 Å². The minimum atomic E-state index is -0.325. The lowest BCUT2D eigenvalue weighted by Gasteiger charge is -2.20. The van der Waals surface area contributed by atoms with E-state index in [-0.39, 0.29) is 6.10 Å². The first kappa shape index (κ1) is 14.4. The van der Waals surface area contributed by atoms with Gasteiger partial charge in [0.1, 0.15) is 5.75 Å². The highest BCUT2D eigenvalue weighted by atomic mass is 16.5. The Morgan fingerprint density at radius 3 is 2.47 bits per heavy atom. The largest absolute Gasteiger partial charge is 0.497 e. The molecule has 0 amide bonds. The van der Waals surface area contributed by atoms with Crippen molar-refractivity contribution in [2.24, 2.45) is 5.92 Å². The fourth-order valence-electron chi connectivity index (χ4n) is 3.19. The van der Waals surface area contributed by atoms with Gasteiger partial charge >= 0.3 is 0 Å². The number of aliphatic hydroxyl groups is 1. The van der Waals surface area contributed by atoms with Crippen molar-refractivity contribution in [1.29, 1.82) is 0 Å². The van der Waals surface area contributed by atoms with Crippen molar-refractivity contribution in [1.82, 2.24) is 0 Å². The summed E-state index contributed by atoms with van der Waals surface area (Å²) < 4.78 is 5.21. The Hall–Kier alpha value is -1.02. The maximum absolute atomic E-state index is 10.5. The van der Waals surface area contributed by atoms with Gasteiger partial charge in [0.25, 0.3) is 0 Å². The van der Waals surface area contributed by atoms with Gasteiger partial charge in [0, 0.05) is 0 Å². The van der Waals surface area contributed by atoms with Crippen molar-refractivity contribution in [3.8, 4) is 5.75 Å². The number of aryl methyl sites for hydroxylation is 1. The van der Waals surface area contributed by atoms with E-state index in [2.05, 4.69) is 0 Å². The fraction of sp³-hybridized carbons (Fsp3) is 0.647. The molecule has 2 nitrogen and oxygen atoms in total. The molecule has 1 aromatic carbocycles. The van der Waals surface area contributed by atoms with Gasteiger partial charge in [0.2, 0.25) is 0 Å². The van der Waals surface area contributed by atoms with E-state index in [1.54, 1.807) is 7.11 Å². The Balaban J connectivity index is 2.00. The van der Waals surface area contributed by atoms with Crippen LogP contribution in [0.4, 0.5) is 0 Å². The molecule has 1 unspecified atom stereocenters. The second-order valence-electron chi connectivity index (χ2n) is 5.83. The van der Waals surface area contributed by atoms with Crippen molar-refractivity contribution < 1.29 is 9.84 Å². The first-order chi connectivity index (χ1) is 9.20. The summed E-state index contributed by atoms with van der Waals surface area (Å²) in [6.07, 6.45) is 8.56. The summed E-state index contributed by atoms with van der Waals surface area (Å²) in [6, 6.07) is 5.96. The monoisotopic (exact) mass is 262 g/mol. The third-order valence-electron chi connectivity index (χ3n) is 4.37.